The smallest absolute Gasteiger partial charge is 0.407 e. The Labute approximate surface area is 199 Å². The van der Waals surface area contributed by atoms with E-state index in [0.717, 1.165) is 22.3 Å². The van der Waals surface area contributed by atoms with Crippen LogP contribution < -0.4 is 10.6 Å². The summed E-state index contributed by atoms with van der Waals surface area (Å²) >= 11 is 0. The van der Waals surface area contributed by atoms with Crippen molar-refractivity contribution in [3.05, 3.63) is 59.7 Å². The van der Waals surface area contributed by atoms with Gasteiger partial charge in [-0.25, -0.2) is 9.59 Å². The Hall–Kier alpha value is -3.56. The molecule has 35 heavy (non-hydrogen) atoms. The topological polar surface area (TPSA) is 105 Å². The van der Waals surface area contributed by atoms with Crippen molar-refractivity contribution in [3.63, 3.8) is 0 Å². The lowest BCUT2D eigenvalue weighted by Gasteiger charge is -2.19. The zero-order chi connectivity index (χ0) is 25.2. The third-order valence-corrected chi connectivity index (χ3v) is 6.52. The van der Waals surface area contributed by atoms with E-state index < -0.39 is 48.6 Å². The monoisotopic (exact) mass is 490 g/mol. The molecule has 10 heteroatoms. The number of carboxylic acids is 1. The van der Waals surface area contributed by atoms with E-state index in [4.69, 9.17) is 9.84 Å². The number of carboxylic acid groups (broad SMARTS) is 1. The molecule has 2 aliphatic rings. The molecule has 0 aliphatic heterocycles. The Morgan fingerprint density at radius 3 is 2.17 bits per heavy atom. The molecule has 0 spiro atoms. The van der Waals surface area contributed by atoms with Gasteiger partial charge in [-0.3, -0.25) is 4.79 Å². The van der Waals surface area contributed by atoms with Crippen LogP contribution in [0.3, 0.4) is 0 Å². The second-order valence-corrected chi connectivity index (χ2v) is 8.90. The molecule has 0 heterocycles. The highest BCUT2D eigenvalue weighted by Gasteiger charge is 2.39. The van der Waals surface area contributed by atoms with Crippen molar-refractivity contribution < 1.29 is 37.4 Å². The van der Waals surface area contributed by atoms with Gasteiger partial charge >= 0.3 is 18.2 Å². The highest BCUT2D eigenvalue weighted by atomic mass is 19.4. The van der Waals surface area contributed by atoms with Crippen LogP contribution in [0.1, 0.15) is 42.7 Å². The number of fused-ring (bicyclic) bond motifs is 3. The number of amides is 2. The number of rotatable bonds is 7. The molecule has 2 aromatic rings. The number of hydrogen-bond donors (Lipinski definition) is 3. The lowest BCUT2D eigenvalue weighted by atomic mass is 9.98. The van der Waals surface area contributed by atoms with E-state index in [0.29, 0.717) is 12.8 Å². The predicted octanol–water partition coefficient (Wildman–Crippen LogP) is 4.22. The number of benzene rings is 2. The molecular formula is C25H25F3N2O5. The van der Waals surface area contributed by atoms with Crippen molar-refractivity contribution in [2.75, 3.05) is 6.61 Å². The second-order valence-electron chi connectivity index (χ2n) is 8.90. The summed E-state index contributed by atoms with van der Waals surface area (Å²) in [5.41, 5.74) is 4.36. The Morgan fingerprint density at radius 2 is 1.60 bits per heavy atom. The Balaban J connectivity index is 1.29. The summed E-state index contributed by atoms with van der Waals surface area (Å²) in [5.74, 6) is -3.30. The lowest BCUT2D eigenvalue weighted by molar-refractivity contribution is -0.160. The summed E-state index contributed by atoms with van der Waals surface area (Å²) in [6.45, 7) is 0.133. The molecule has 1 saturated carbocycles. The van der Waals surface area contributed by atoms with E-state index in [-0.39, 0.29) is 18.9 Å². The van der Waals surface area contributed by atoms with Crippen LogP contribution in [-0.2, 0) is 14.3 Å². The number of hydrogen-bond acceptors (Lipinski definition) is 4. The number of aliphatic carboxylic acids is 1. The fraction of sp³-hybridized carbons (Fsp3) is 0.400. The number of halogens is 3. The van der Waals surface area contributed by atoms with Gasteiger partial charge in [0.2, 0.25) is 5.91 Å². The standard InChI is InChI=1S/C25H25F3N2O5/c26-25(27,28)12-21(23(32)33)30-22(31)14-9-10-15(11-14)29-24(34)35-13-20-18-7-3-1-5-16(18)17-6-2-4-8-19(17)20/h1-8,14-15,20-21H,9-13H2,(H,29,34)(H,30,31)(H,32,33)/t14-,15+,21?/m1/s1. The largest absolute Gasteiger partial charge is 0.480 e. The Bertz CT molecular complexity index is 1070. The van der Waals surface area contributed by atoms with Crippen molar-refractivity contribution in [1.29, 1.82) is 0 Å². The molecular weight excluding hydrogens is 465 g/mol. The maximum absolute atomic E-state index is 12.6. The van der Waals surface area contributed by atoms with Gasteiger partial charge in [0.05, 0.1) is 6.42 Å². The summed E-state index contributed by atoms with van der Waals surface area (Å²) in [7, 11) is 0. The molecule has 0 bridgehead atoms. The maximum atomic E-state index is 12.6. The average Bonchev–Trinajstić information content (AvgIpc) is 3.39. The van der Waals surface area contributed by atoms with E-state index in [1.807, 2.05) is 53.8 Å². The molecule has 0 saturated heterocycles. The van der Waals surface area contributed by atoms with Gasteiger partial charge in [0, 0.05) is 17.9 Å². The summed E-state index contributed by atoms with van der Waals surface area (Å²) in [6.07, 6.45) is -6.08. The zero-order valence-electron chi connectivity index (χ0n) is 18.7. The fourth-order valence-electron chi connectivity index (χ4n) is 4.88. The van der Waals surface area contributed by atoms with E-state index in [1.54, 1.807) is 0 Å². The quantitative estimate of drug-likeness (QED) is 0.539. The van der Waals surface area contributed by atoms with Crippen molar-refractivity contribution in [1.82, 2.24) is 10.6 Å². The number of alkyl halides is 3. The van der Waals surface area contributed by atoms with Crippen LogP contribution in [-0.4, -0.2) is 47.9 Å². The molecule has 2 aliphatic carbocycles. The minimum Gasteiger partial charge on any atom is -0.480 e. The van der Waals surface area contributed by atoms with E-state index in [2.05, 4.69) is 5.32 Å². The molecule has 1 unspecified atom stereocenters. The first kappa shape index (κ1) is 24.6. The second kappa shape index (κ2) is 9.97. The Kier molecular flexibility index (Phi) is 7.00. The summed E-state index contributed by atoms with van der Waals surface area (Å²) in [4.78, 5) is 35.9. The van der Waals surface area contributed by atoms with E-state index in [1.165, 1.54) is 0 Å². The van der Waals surface area contributed by atoms with Crippen molar-refractivity contribution >= 4 is 18.0 Å². The van der Waals surface area contributed by atoms with Crippen LogP contribution in [0, 0.1) is 5.92 Å². The molecule has 0 radical (unpaired) electrons. The molecule has 1 fully saturated rings. The minimum atomic E-state index is -4.72. The SMILES string of the molecule is O=C(N[C@H]1CC[C@@H](C(=O)NC(CC(F)(F)F)C(=O)O)C1)OCC1c2ccccc2-c2ccccc21. The zero-order valence-corrected chi connectivity index (χ0v) is 18.7. The van der Waals surface area contributed by atoms with Crippen molar-refractivity contribution in [2.24, 2.45) is 5.92 Å². The van der Waals surface area contributed by atoms with Gasteiger partial charge < -0.3 is 20.5 Å². The van der Waals surface area contributed by atoms with Crippen LogP contribution in [0.2, 0.25) is 0 Å². The van der Waals surface area contributed by atoms with Crippen LogP contribution in [0.25, 0.3) is 11.1 Å². The predicted molar refractivity (Wildman–Crippen MR) is 120 cm³/mol. The third kappa shape index (κ3) is 5.75. The molecule has 7 nitrogen and oxygen atoms in total. The van der Waals surface area contributed by atoms with Gasteiger partial charge in [-0.05, 0) is 41.5 Å². The molecule has 0 aromatic heterocycles. The van der Waals surface area contributed by atoms with Gasteiger partial charge in [-0.1, -0.05) is 48.5 Å². The summed E-state index contributed by atoms with van der Waals surface area (Å²) < 4.78 is 43.2. The average molecular weight is 490 g/mol. The number of carbonyl (C=O) groups excluding carboxylic acids is 2. The van der Waals surface area contributed by atoms with Crippen LogP contribution in [0.5, 0.6) is 0 Å². The molecule has 186 valence electrons. The molecule has 2 aromatic carbocycles. The molecule has 3 N–H and O–H groups in total. The van der Waals surface area contributed by atoms with Gasteiger partial charge in [0.1, 0.15) is 12.6 Å². The highest BCUT2D eigenvalue weighted by molar-refractivity contribution is 5.85. The number of alkyl carbamates (subject to hydrolysis) is 1. The first-order valence-corrected chi connectivity index (χ1v) is 11.3. The number of nitrogens with one attached hydrogen (secondary N) is 2. The van der Waals surface area contributed by atoms with Crippen LogP contribution >= 0.6 is 0 Å². The molecule has 4 rings (SSSR count). The third-order valence-electron chi connectivity index (χ3n) is 6.52. The number of carbonyl (C=O) groups is 3. The lowest BCUT2D eigenvalue weighted by Crippen LogP contribution is -2.45. The first-order chi connectivity index (χ1) is 16.6. The number of ether oxygens (including phenoxy) is 1. The van der Waals surface area contributed by atoms with Crippen LogP contribution in [0.4, 0.5) is 18.0 Å². The van der Waals surface area contributed by atoms with E-state index in [9.17, 15) is 27.6 Å². The molecule has 2 amide bonds. The summed E-state index contributed by atoms with van der Waals surface area (Å²) in [6, 6.07) is 13.4. The molecule has 3 atom stereocenters. The fourth-order valence-corrected chi connectivity index (χ4v) is 4.88. The van der Waals surface area contributed by atoms with Gasteiger partial charge in [0.25, 0.3) is 0 Å². The van der Waals surface area contributed by atoms with Crippen molar-refractivity contribution in [2.45, 2.75) is 49.9 Å². The first-order valence-electron chi connectivity index (χ1n) is 11.3. The Morgan fingerprint density at radius 1 is 1.00 bits per heavy atom. The van der Waals surface area contributed by atoms with Gasteiger partial charge in [-0.15, -0.1) is 0 Å². The van der Waals surface area contributed by atoms with E-state index >= 15 is 0 Å². The maximum Gasteiger partial charge on any atom is 0.407 e. The minimum absolute atomic E-state index is 0.100. The van der Waals surface area contributed by atoms with Gasteiger partial charge in [-0.2, -0.15) is 13.2 Å². The van der Waals surface area contributed by atoms with Crippen molar-refractivity contribution in [3.8, 4) is 11.1 Å². The van der Waals surface area contributed by atoms with Crippen LogP contribution in [0.15, 0.2) is 48.5 Å². The normalized spacial score (nSPS) is 20.0. The summed E-state index contributed by atoms with van der Waals surface area (Å²) in [5, 5.41) is 13.7. The highest BCUT2D eigenvalue weighted by Crippen LogP contribution is 2.44. The van der Waals surface area contributed by atoms with Gasteiger partial charge in [0.15, 0.2) is 0 Å².